The highest BCUT2D eigenvalue weighted by Gasteiger charge is 2.41. The molecule has 2 amide bonds. The second-order valence-electron chi connectivity index (χ2n) is 9.59. The molecule has 0 fully saturated rings. The predicted octanol–water partition coefficient (Wildman–Crippen LogP) is 7.74. The third-order valence-corrected chi connectivity index (χ3v) is 7.45. The van der Waals surface area contributed by atoms with E-state index >= 15 is 0 Å². The number of thioether (sulfide) groups is 1. The van der Waals surface area contributed by atoms with Crippen molar-refractivity contribution in [1.82, 2.24) is 5.01 Å². The Morgan fingerprint density at radius 2 is 1.76 bits per heavy atom. The van der Waals surface area contributed by atoms with Crippen LogP contribution in [-0.4, -0.2) is 54.4 Å². The first kappa shape index (κ1) is 32.6. The number of amides is 2. The van der Waals surface area contributed by atoms with Gasteiger partial charge in [0.15, 0.2) is 0 Å². The van der Waals surface area contributed by atoms with Gasteiger partial charge in [0.05, 0.1) is 34.2 Å². The van der Waals surface area contributed by atoms with Gasteiger partial charge in [0, 0.05) is 12.0 Å². The number of rotatable bonds is 9. The number of hydrogen-bond acceptors (Lipinski definition) is 6. The summed E-state index contributed by atoms with van der Waals surface area (Å²) in [5, 5.41) is 5.44. The standard InChI is InChI=1S/C27H28ClF6N3O3S/c1-4-40-24(39)37(19-9-7-18(8-10-19)26(29,30)31)22(38)15-36-16-25(2,12-5-13-41-3)23(35-36)17-6-11-20(21(28)14-17)27(32,33)34/h6-11,14H,4-5,12-13,15-16H2,1-3H3. The molecular weight excluding hydrogens is 596 g/mol. The molecule has 224 valence electrons. The van der Waals surface area contributed by atoms with Gasteiger partial charge in [0.2, 0.25) is 0 Å². The molecule has 6 nitrogen and oxygen atoms in total. The summed E-state index contributed by atoms with van der Waals surface area (Å²) in [5.74, 6) is 0.00487. The van der Waals surface area contributed by atoms with Crippen molar-refractivity contribution in [3.8, 4) is 0 Å². The fourth-order valence-electron chi connectivity index (χ4n) is 4.53. The minimum absolute atomic E-state index is 0.0859. The second kappa shape index (κ2) is 12.9. The van der Waals surface area contributed by atoms with Crippen molar-refractivity contribution in [3.63, 3.8) is 0 Å². The lowest BCUT2D eigenvalue weighted by molar-refractivity contribution is -0.138. The van der Waals surface area contributed by atoms with E-state index in [4.69, 9.17) is 16.3 Å². The highest BCUT2D eigenvalue weighted by molar-refractivity contribution is 7.98. The van der Waals surface area contributed by atoms with Crippen molar-refractivity contribution in [2.24, 2.45) is 10.5 Å². The molecule has 0 radical (unpaired) electrons. The van der Waals surface area contributed by atoms with E-state index in [0.29, 0.717) is 22.6 Å². The zero-order chi connectivity index (χ0) is 30.6. The van der Waals surface area contributed by atoms with E-state index in [1.165, 1.54) is 24.1 Å². The first-order valence-electron chi connectivity index (χ1n) is 12.5. The Morgan fingerprint density at radius 3 is 2.29 bits per heavy atom. The van der Waals surface area contributed by atoms with Crippen LogP contribution in [0.4, 0.5) is 36.8 Å². The zero-order valence-corrected chi connectivity index (χ0v) is 24.0. The van der Waals surface area contributed by atoms with Crippen LogP contribution >= 0.6 is 23.4 Å². The molecule has 0 N–H and O–H groups in total. The van der Waals surface area contributed by atoms with Crippen LogP contribution in [0.3, 0.4) is 0 Å². The summed E-state index contributed by atoms with van der Waals surface area (Å²) < 4.78 is 83.9. The summed E-state index contributed by atoms with van der Waals surface area (Å²) >= 11 is 7.60. The van der Waals surface area contributed by atoms with Gasteiger partial charge in [0.1, 0.15) is 6.54 Å². The summed E-state index contributed by atoms with van der Waals surface area (Å²) in [5.41, 5.74) is -1.96. The van der Waals surface area contributed by atoms with E-state index in [9.17, 15) is 35.9 Å². The normalized spacial score (nSPS) is 17.4. The van der Waals surface area contributed by atoms with Gasteiger partial charge < -0.3 is 4.74 Å². The van der Waals surface area contributed by atoms with Crippen LogP contribution in [0.25, 0.3) is 0 Å². The van der Waals surface area contributed by atoms with Gasteiger partial charge in [0.25, 0.3) is 5.91 Å². The molecule has 2 aromatic rings. The van der Waals surface area contributed by atoms with Crippen LogP contribution in [0.2, 0.25) is 5.02 Å². The lowest BCUT2D eigenvalue weighted by Crippen LogP contribution is -2.43. The number of hydrazone groups is 1. The number of carbonyl (C=O) groups is 2. The Balaban J connectivity index is 1.94. The molecule has 1 unspecified atom stereocenters. The molecule has 41 heavy (non-hydrogen) atoms. The summed E-state index contributed by atoms with van der Waals surface area (Å²) in [6.45, 7) is 3.05. The number of carbonyl (C=O) groups excluding carboxylic acids is 2. The first-order chi connectivity index (χ1) is 19.1. The molecule has 14 heteroatoms. The third-order valence-electron chi connectivity index (χ3n) is 6.44. The fourth-order valence-corrected chi connectivity index (χ4v) is 5.26. The second-order valence-corrected chi connectivity index (χ2v) is 11.0. The molecule has 0 spiro atoms. The molecule has 2 aromatic carbocycles. The molecule has 3 rings (SSSR count). The number of alkyl halides is 6. The van der Waals surface area contributed by atoms with Gasteiger partial charge in [-0.25, -0.2) is 9.69 Å². The Kier molecular flexibility index (Phi) is 10.3. The molecule has 0 saturated carbocycles. The van der Waals surface area contributed by atoms with Crippen LogP contribution in [0.1, 0.15) is 43.4 Å². The van der Waals surface area contributed by atoms with E-state index in [1.807, 2.05) is 13.2 Å². The molecule has 1 aliphatic heterocycles. The molecule has 0 aliphatic carbocycles. The number of nitrogens with zero attached hydrogens (tertiary/aromatic N) is 3. The zero-order valence-electron chi connectivity index (χ0n) is 22.4. The average Bonchev–Trinajstić information content (AvgIpc) is 3.19. The van der Waals surface area contributed by atoms with E-state index in [0.717, 1.165) is 42.5 Å². The van der Waals surface area contributed by atoms with Crippen LogP contribution in [0.5, 0.6) is 0 Å². The van der Waals surface area contributed by atoms with Crippen molar-refractivity contribution in [2.75, 3.05) is 36.6 Å². The number of imide groups is 1. The largest absolute Gasteiger partial charge is 0.449 e. The fraction of sp³-hybridized carbons (Fsp3) is 0.444. The molecule has 1 atom stereocenters. The van der Waals surface area contributed by atoms with Gasteiger partial charge in [-0.2, -0.15) is 43.2 Å². The van der Waals surface area contributed by atoms with Crippen LogP contribution < -0.4 is 4.90 Å². The third kappa shape index (κ3) is 7.88. The molecule has 1 aliphatic rings. The summed E-state index contributed by atoms with van der Waals surface area (Å²) in [6.07, 6.45) is -7.03. The maximum Gasteiger partial charge on any atom is 0.421 e. The van der Waals surface area contributed by atoms with E-state index in [1.54, 1.807) is 11.8 Å². The average molecular weight is 624 g/mol. The van der Waals surface area contributed by atoms with Crippen LogP contribution in [-0.2, 0) is 21.9 Å². The highest BCUT2D eigenvalue weighted by atomic mass is 35.5. The highest BCUT2D eigenvalue weighted by Crippen LogP contribution is 2.40. The Morgan fingerprint density at radius 1 is 1.10 bits per heavy atom. The van der Waals surface area contributed by atoms with Gasteiger partial charge in [-0.1, -0.05) is 24.6 Å². The maximum absolute atomic E-state index is 13.4. The van der Waals surface area contributed by atoms with E-state index in [2.05, 4.69) is 5.10 Å². The first-order valence-corrected chi connectivity index (χ1v) is 14.2. The minimum atomic E-state index is -4.64. The van der Waals surface area contributed by atoms with Gasteiger partial charge in [-0.3, -0.25) is 9.80 Å². The monoisotopic (exact) mass is 623 g/mol. The summed E-state index contributed by atoms with van der Waals surface area (Å²) in [6, 6.07) is 6.83. The van der Waals surface area contributed by atoms with E-state index < -0.39 is 52.5 Å². The minimum Gasteiger partial charge on any atom is -0.449 e. The molecule has 1 heterocycles. The van der Waals surface area contributed by atoms with E-state index in [-0.39, 0.29) is 18.8 Å². The number of anilines is 1. The number of halogens is 7. The van der Waals surface area contributed by atoms with Gasteiger partial charge >= 0.3 is 18.4 Å². The van der Waals surface area contributed by atoms with Crippen LogP contribution in [0, 0.1) is 5.41 Å². The van der Waals surface area contributed by atoms with Crippen molar-refractivity contribution < 1.29 is 40.7 Å². The van der Waals surface area contributed by atoms with Gasteiger partial charge in [-0.15, -0.1) is 0 Å². The number of hydrogen-bond donors (Lipinski definition) is 0. The van der Waals surface area contributed by atoms with Crippen molar-refractivity contribution in [2.45, 2.75) is 39.0 Å². The molecule has 0 saturated heterocycles. The number of benzene rings is 2. The Hall–Kier alpha value is -2.93. The van der Waals surface area contributed by atoms with Gasteiger partial charge in [-0.05, 0) is 73.7 Å². The van der Waals surface area contributed by atoms with Crippen LogP contribution in [0.15, 0.2) is 47.6 Å². The quantitative estimate of drug-likeness (QED) is 0.211. The molecular formula is C27H28ClF6N3O3S. The molecule has 0 aromatic heterocycles. The smallest absolute Gasteiger partial charge is 0.421 e. The number of ether oxygens (including phenoxy) is 1. The van der Waals surface area contributed by atoms with Crippen molar-refractivity contribution >= 4 is 46.8 Å². The maximum atomic E-state index is 13.4. The Bertz CT molecular complexity index is 1290. The Labute approximate surface area is 242 Å². The molecule has 0 bridgehead atoms. The van der Waals surface area contributed by atoms with Crippen molar-refractivity contribution in [3.05, 3.63) is 64.2 Å². The summed E-state index contributed by atoms with van der Waals surface area (Å²) in [4.78, 5) is 26.7. The predicted molar refractivity (Wildman–Crippen MR) is 146 cm³/mol. The SMILES string of the molecule is CCOC(=O)N(C(=O)CN1CC(C)(CCCSC)C(c2ccc(C(F)(F)F)c(Cl)c2)=N1)c1ccc(C(F)(F)F)cc1. The van der Waals surface area contributed by atoms with Crippen molar-refractivity contribution in [1.29, 1.82) is 0 Å². The lowest BCUT2D eigenvalue weighted by atomic mass is 9.78. The summed E-state index contributed by atoms with van der Waals surface area (Å²) in [7, 11) is 0. The lowest BCUT2D eigenvalue weighted by Gasteiger charge is -2.28. The topological polar surface area (TPSA) is 62.2 Å².